The largest absolute Gasteiger partial charge is 0.338 e. The number of hydrogen-bond acceptors (Lipinski definition) is 3. The minimum Gasteiger partial charge on any atom is -0.338 e. The predicted octanol–water partition coefficient (Wildman–Crippen LogP) is 2.72. The van der Waals surface area contributed by atoms with Crippen molar-refractivity contribution < 1.29 is 14.4 Å². The third kappa shape index (κ3) is 6.87. The first-order valence-corrected chi connectivity index (χ1v) is 10.0. The van der Waals surface area contributed by atoms with Crippen LogP contribution in [0.1, 0.15) is 49.7 Å². The number of anilines is 1. The molecule has 0 bridgehead atoms. The van der Waals surface area contributed by atoms with Crippen molar-refractivity contribution in [3.63, 3.8) is 0 Å². The number of aryl methyl sites for hydroxylation is 2. The summed E-state index contributed by atoms with van der Waals surface area (Å²) >= 11 is 0. The second-order valence-electron chi connectivity index (χ2n) is 7.55. The Hall–Kier alpha value is -2.57. The first-order chi connectivity index (χ1) is 13.4. The Labute approximate surface area is 167 Å². The van der Waals surface area contributed by atoms with Crippen molar-refractivity contribution in [2.75, 3.05) is 25.5 Å². The lowest BCUT2D eigenvalue weighted by Crippen LogP contribution is -2.44. The highest BCUT2D eigenvalue weighted by molar-refractivity contribution is 5.95. The van der Waals surface area contributed by atoms with Gasteiger partial charge >= 0.3 is 6.03 Å². The summed E-state index contributed by atoms with van der Waals surface area (Å²) < 4.78 is 0. The Bertz CT molecular complexity index is 679. The van der Waals surface area contributed by atoms with Crippen LogP contribution in [0.25, 0.3) is 0 Å². The van der Waals surface area contributed by atoms with Crippen molar-refractivity contribution in [1.29, 1.82) is 0 Å². The lowest BCUT2D eigenvalue weighted by molar-refractivity contribution is -0.133. The summed E-state index contributed by atoms with van der Waals surface area (Å²) in [6.07, 6.45) is 5.73. The molecule has 154 valence electrons. The van der Waals surface area contributed by atoms with Gasteiger partial charge in [-0.05, 0) is 37.8 Å². The average molecular weight is 389 g/mol. The monoisotopic (exact) mass is 388 g/mol. The molecule has 0 aromatic heterocycles. The number of rotatable bonds is 7. The summed E-state index contributed by atoms with van der Waals surface area (Å²) in [5, 5.41) is 8.55. The fourth-order valence-corrected chi connectivity index (χ4v) is 3.45. The molecule has 1 aliphatic carbocycles. The molecular formula is C21H32N4O3. The van der Waals surface area contributed by atoms with Crippen LogP contribution in [0.15, 0.2) is 18.2 Å². The van der Waals surface area contributed by atoms with Crippen LogP contribution in [0.2, 0.25) is 0 Å². The van der Waals surface area contributed by atoms with Gasteiger partial charge in [0, 0.05) is 31.7 Å². The molecule has 1 saturated carbocycles. The number of hydrogen-bond donors (Lipinski definition) is 3. The molecule has 0 atom stereocenters. The molecule has 1 fully saturated rings. The van der Waals surface area contributed by atoms with Gasteiger partial charge in [0.1, 0.15) is 0 Å². The van der Waals surface area contributed by atoms with E-state index in [-0.39, 0.29) is 43.4 Å². The van der Waals surface area contributed by atoms with Crippen molar-refractivity contribution >= 4 is 23.5 Å². The van der Waals surface area contributed by atoms with Crippen LogP contribution in [0.4, 0.5) is 10.5 Å². The highest BCUT2D eigenvalue weighted by Gasteiger charge is 2.17. The van der Waals surface area contributed by atoms with E-state index in [9.17, 15) is 14.4 Å². The van der Waals surface area contributed by atoms with Gasteiger partial charge in [-0.3, -0.25) is 9.59 Å². The molecule has 1 aliphatic rings. The summed E-state index contributed by atoms with van der Waals surface area (Å²) in [7, 11) is 1.59. The Morgan fingerprint density at radius 1 is 1.07 bits per heavy atom. The first kappa shape index (κ1) is 21.7. The average Bonchev–Trinajstić information content (AvgIpc) is 2.65. The van der Waals surface area contributed by atoms with E-state index in [0.717, 1.165) is 42.5 Å². The maximum absolute atomic E-state index is 12.3. The molecule has 0 spiro atoms. The van der Waals surface area contributed by atoms with E-state index in [1.807, 2.05) is 32.0 Å². The van der Waals surface area contributed by atoms with E-state index < -0.39 is 0 Å². The minimum atomic E-state index is -0.240. The molecule has 3 N–H and O–H groups in total. The molecule has 0 heterocycles. The zero-order valence-electron chi connectivity index (χ0n) is 17.1. The molecule has 0 unspecified atom stereocenters. The van der Waals surface area contributed by atoms with Gasteiger partial charge in [-0.2, -0.15) is 0 Å². The lowest BCUT2D eigenvalue weighted by atomic mass is 9.96. The van der Waals surface area contributed by atoms with E-state index in [0.29, 0.717) is 0 Å². The molecule has 4 amide bonds. The van der Waals surface area contributed by atoms with Crippen molar-refractivity contribution in [2.24, 2.45) is 0 Å². The van der Waals surface area contributed by atoms with Crippen LogP contribution in [-0.2, 0) is 9.59 Å². The van der Waals surface area contributed by atoms with Crippen LogP contribution >= 0.6 is 0 Å². The Balaban J connectivity index is 1.69. The lowest BCUT2D eigenvalue weighted by Gasteiger charge is -2.23. The second kappa shape index (κ2) is 10.7. The fourth-order valence-electron chi connectivity index (χ4n) is 3.45. The molecule has 7 nitrogen and oxygen atoms in total. The van der Waals surface area contributed by atoms with Gasteiger partial charge in [0.2, 0.25) is 11.8 Å². The summed E-state index contributed by atoms with van der Waals surface area (Å²) in [6.45, 7) is 4.09. The number of likely N-dealkylation sites (N-methyl/N-ethyl adjacent to an activating group) is 1. The van der Waals surface area contributed by atoms with Gasteiger partial charge in [-0.25, -0.2) is 4.79 Å². The van der Waals surface area contributed by atoms with E-state index in [1.54, 1.807) is 7.05 Å². The summed E-state index contributed by atoms with van der Waals surface area (Å²) in [5.74, 6) is -0.425. The zero-order chi connectivity index (χ0) is 20.5. The quantitative estimate of drug-likeness (QED) is 0.671. The predicted molar refractivity (Wildman–Crippen MR) is 110 cm³/mol. The maximum atomic E-state index is 12.3. The number of nitrogens with zero attached hydrogens (tertiary/aromatic N) is 1. The number of urea groups is 1. The van der Waals surface area contributed by atoms with Crippen LogP contribution in [0, 0.1) is 13.8 Å². The Kier molecular flexibility index (Phi) is 8.29. The molecule has 2 rings (SSSR count). The van der Waals surface area contributed by atoms with E-state index >= 15 is 0 Å². The molecule has 7 heteroatoms. The summed E-state index contributed by atoms with van der Waals surface area (Å²) in [4.78, 5) is 37.7. The molecule has 0 saturated heterocycles. The van der Waals surface area contributed by atoms with Crippen molar-refractivity contribution in [3.05, 3.63) is 29.3 Å². The topological polar surface area (TPSA) is 90.5 Å². The maximum Gasteiger partial charge on any atom is 0.315 e. The Morgan fingerprint density at radius 2 is 1.71 bits per heavy atom. The van der Waals surface area contributed by atoms with Gasteiger partial charge < -0.3 is 20.9 Å². The van der Waals surface area contributed by atoms with Crippen LogP contribution in [0.3, 0.4) is 0 Å². The minimum absolute atomic E-state index is 0.0269. The number of para-hydroxylation sites is 1. The summed E-state index contributed by atoms with van der Waals surface area (Å²) in [5.41, 5.74) is 2.75. The van der Waals surface area contributed by atoms with Crippen molar-refractivity contribution in [1.82, 2.24) is 15.5 Å². The van der Waals surface area contributed by atoms with Gasteiger partial charge in [0.25, 0.3) is 0 Å². The number of carbonyl (C=O) groups excluding carboxylic acids is 3. The number of carbonyl (C=O) groups is 3. The smallest absolute Gasteiger partial charge is 0.315 e. The normalized spacial score (nSPS) is 14.2. The second-order valence-corrected chi connectivity index (χ2v) is 7.55. The highest BCUT2D eigenvalue weighted by Crippen LogP contribution is 2.19. The van der Waals surface area contributed by atoms with Crippen LogP contribution in [-0.4, -0.2) is 48.9 Å². The number of amides is 4. The first-order valence-electron chi connectivity index (χ1n) is 10.0. The van der Waals surface area contributed by atoms with Gasteiger partial charge in [-0.15, -0.1) is 0 Å². The molecular weight excluding hydrogens is 356 g/mol. The van der Waals surface area contributed by atoms with Crippen LogP contribution in [0.5, 0.6) is 0 Å². The van der Waals surface area contributed by atoms with Crippen molar-refractivity contribution in [2.45, 2.75) is 58.4 Å². The highest BCUT2D eigenvalue weighted by atomic mass is 16.2. The molecule has 0 aliphatic heterocycles. The van der Waals surface area contributed by atoms with Gasteiger partial charge in [-0.1, -0.05) is 37.5 Å². The third-order valence-electron chi connectivity index (χ3n) is 5.12. The van der Waals surface area contributed by atoms with E-state index in [2.05, 4.69) is 16.0 Å². The standard InChI is InChI=1S/C21H32N4O3/c1-15-8-7-9-16(2)20(15)24-18(26)14-25(3)19(27)12-13-22-21(28)23-17-10-5-4-6-11-17/h7-9,17H,4-6,10-14H2,1-3H3,(H,24,26)(H2,22,23,28). The van der Waals surface area contributed by atoms with E-state index in [1.165, 1.54) is 11.3 Å². The Morgan fingerprint density at radius 3 is 2.36 bits per heavy atom. The van der Waals surface area contributed by atoms with Gasteiger partial charge in [0.05, 0.1) is 6.54 Å². The molecule has 1 aromatic carbocycles. The molecule has 1 aromatic rings. The summed E-state index contributed by atoms with van der Waals surface area (Å²) in [6, 6.07) is 5.81. The zero-order valence-corrected chi connectivity index (χ0v) is 17.1. The van der Waals surface area contributed by atoms with Crippen LogP contribution < -0.4 is 16.0 Å². The molecule has 28 heavy (non-hydrogen) atoms. The van der Waals surface area contributed by atoms with E-state index in [4.69, 9.17) is 0 Å². The third-order valence-corrected chi connectivity index (χ3v) is 5.12. The van der Waals surface area contributed by atoms with Crippen molar-refractivity contribution in [3.8, 4) is 0 Å². The number of nitrogens with one attached hydrogen (secondary N) is 3. The fraction of sp³-hybridized carbons (Fsp3) is 0.571. The SMILES string of the molecule is Cc1cccc(C)c1NC(=O)CN(C)C(=O)CCNC(=O)NC1CCCCC1. The van der Waals surface area contributed by atoms with Gasteiger partial charge in [0.15, 0.2) is 0 Å². The molecule has 0 radical (unpaired) electrons. The number of benzene rings is 1.